The molecule has 6 rings (SSSR count). The van der Waals surface area contributed by atoms with Crippen LogP contribution in [-0.4, -0.2) is 89.0 Å². The van der Waals surface area contributed by atoms with Crippen molar-refractivity contribution in [3.8, 4) is 5.75 Å². The van der Waals surface area contributed by atoms with Crippen molar-refractivity contribution in [2.24, 2.45) is 11.3 Å². The lowest BCUT2D eigenvalue weighted by Crippen LogP contribution is -2.69. The second kappa shape index (κ2) is 9.17. The maximum atomic E-state index is 11.2. The van der Waals surface area contributed by atoms with Gasteiger partial charge in [-0.1, -0.05) is 26.8 Å². The lowest BCUT2D eigenvalue weighted by Gasteiger charge is -2.66. The lowest BCUT2D eigenvalue weighted by molar-refractivity contribution is -0.356. The maximum Gasteiger partial charge on any atom is 0.186 e. The second-order valence-corrected chi connectivity index (χ2v) is 11.7. The van der Waals surface area contributed by atoms with Gasteiger partial charge in [0.2, 0.25) is 0 Å². The molecule has 4 fully saturated rings. The topological polar surface area (TPSA) is 138 Å². The Balaban J connectivity index is 1.38. The van der Waals surface area contributed by atoms with Crippen molar-refractivity contribution in [2.75, 3.05) is 26.9 Å². The molecule has 2 aliphatic carbocycles. The zero-order valence-electron chi connectivity index (χ0n) is 21.5. The third-order valence-electron chi connectivity index (χ3n) is 9.61. The van der Waals surface area contributed by atoms with E-state index in [9.17, 15) is 25.5 Å². The number of fused-ring (bicyclic) bond motifs is 3. The van der Waals surface area contributed by atoms with Crippen LogP contribution < -0.4 is 4.74 Å². The van der Waals surface area contributed by atoms with Crippen LogP contribution in [0.3, 0.4) is 0 Å². The smallest absolute Gasteiger partial charge is 0.186 e. The van der Waals surface area contributed by atoms with E-state index in [1.165, 1.54) is 11.1 Å². The molecule has 36 heavy (non-hydrogen) atoms. The minimum absolute atomic E-state index is 0.122. The Kier molecular flexibility index (Phi) is 6.70. The van der Waals surface area contributed by atoms with E-state index in [0.29, 0.717) is 18.9 Å². The molecule has 3 heterocycles. The number of aryl methyl sites for hydroxylation is 1. The monoisotopic (exact) mass is 508 g/mol. The summed E-state index contributed by atoms with van der Waals surface area (Å²) in [5, 5.41) is 50.9. The van der Waals surface area contributed by atoms with Gasteiger partial charge in [0.1, 0.15) is 30.2 Å². The van der Waals surface area contributed by atoms with Crippen LogP contribution in [0.2, 0.25) is 0 Å². The van der Waals surface area contributed by atoms with Gasteiger partial charge in [-0.25, -0.2) is 0 Å². The number of hydrogen-bond donors (Lipinski definition) is 5. The molecular weight excluding hydrogens is 468 g/mol. The molecule has 5 aliphatic rings. The first-order valence-electron chi connectivity index (χ1n) is 13.0. The molecule has 0 amide bonds. The van der Waals surface area contributed by atoms with Gasteiger partial charge < -0.3 is 44.5 Å². The maximum absolute atomic E-state index is 11.2. The Bertz CT molecular complexity index is 968. The third-order valence-corrected chi connectivity index (χ3v) is 9.61. The molecule has 1 saturated carbocycles. The van der Waals surface area contributed by atoms with Crippen molar-refractivity contribution in [1.29, 1.82) is 0 Å². The first-order chi connectivity index (χ1) is 17.0. The lowest BCUT2D eigenvalue weighted by atomic mass is 9.46. The number of benzene rings is 1. The molecule has 5 N–H and O–H groups in total. The summed E-state index contributed by atoms with van der Waals surface area (Å²) in [6, 6.07) is 4.32. The number of rotatable bonds is 6. The number of methoxy groups -OCH3 is 1. The fourth-order valence-electron chi connectivity index (χ4n) is 7.28. The summed E-state index contributed by atoms with van der Waals surface area (Å²) in [5.41, 5.74) is 2.98. The molecular formula is C27H40O9. The Labute approximate surface area is 211 Å². The molecule has 202 valence electrons. The highest BCUT2D eigenvalue weighted by molar-refractivity contribution is 5.50. The first kappa shape index (κ1) is 26.3. The number of ether oxygens (including phenoxy) is 4. The van der Waals surface area contributed by atoms with Gasteiger partial charge in [-0.15, -0.1) is 0 Å². The van der Waals surface area contributed by atoms with Crippen molar-refractivity contribution < 1.29 is 44.5 Å². The van der Waals surface area contributed by atoms with E-state index in [1.54, 1.807) is 7.11 Å². The highest BCUT2D eigenvalue weighted by Gasteiger charge is 2.66. The third kappa shape index (κ3) is 3.74. The molecule has 2 bridgehead atoms. The summed E-state index contributed by atoms with van der Waals surface area (Å²) < 4.78 is 23.2. The summed E-state index contributed by atoms with van der Waals surface area (Å²) in [4.78, 5) is 0. The van der Waals surface area contributed by atoms with Crippen LogP contribution in [0, 0.1) is 11.3 Å². The number of aliphatic hydroxyl groups is 5. The van der Waals surface area contributed by atoms with Crippen LogP contribution in [0.5, 0.6) is 5.75 Å². The van der Waals surface area contributed by atoms with Crippen molar-refractivity contribution in [2.45, 2.75) is 94.3 Å². The van der Waals surface area contributed by atoms with E-state index in [1.807, 2.05) is 6.92 Å². The molecule has 0 aromatic heterocycles. The molecule has 1 aromatic rings. The van der Waals surface area contributed by atoms with E-state index in [-0.39, 0.29) is 23.4 Å². The average molecular weight is 509 g/mol. The van der Waals surface area contributed by atoms with Crippen molar-refractivity contribution in [3.63, 3.8) is 0 Å². The van der Waals surface area contributed by atoms with Crippen LogP contribution >= 0.6 is 0 Å². The van der Waals surface area contributed by atoms with Crippen LogP contribution in [-0.2, 0) is 26.0 Å². The van der Waals surface area contributed by atoms with Gasteiger partial charge in [0.05, 0.1) is 26.9 Å². The van der Waals surface area contributed by atoms with Gasteiger partial charge in [0, 0.05) is 23.2 Å². The molecule has 1 unspecified atom stereocenters. The number of aliphatic hydroxyl groups excluding tert-OH is 4. The van der Waals surface area contributed by atoms with E-state index < -0.39 is 43.1 Å². The summed E-state index contributed by atoms with van der Waals surface area (Å²) in [7, 11) is 1.65. The van der Waals surface area contributed by atoms with Crippen LogP contribution in [0.15, 0.2) is 12.1 Å². The van der Waals surface area contributed by atoms with Gasteiger partial charge in [-0.2, -0.15) is 0 Å². The molecule has 1 aromatic carbocycles. The fourth-order valence-corrected chi connectivity index (χ4v) is 7.28. The first-order valence-corrected chi connectivity index (χ1v) is 13.0. The normalized spacial score (nSPS) is 41.9. The minimum atomic E-state index is -1.48. The van der Waals surface area contributed by atoms with Gasteiger partial charge in [0.25, 0.3) is 0 Å². The molecule has 9 heteroatoms. The van der Waals surface area contributed by atoms with E-state index in [4.69, 9.17) is 18.9 Å². The SMILES string of the molecule is COc1cc2c(cc1C(C)CO[C@@H]1O[C@H](CO)[C@@H](O)[C@H](O)[C@H]1O)CC[C@H]1C(C)(C)[C@]3(O)CC[C@]21CO3. The van der Waals surface area contributed by atoms with Crippen LogP contribution in [0.4, 0.5) is 0 Å². The van der Waals surface area contributed by atoms with Crippen LogP contribution in [0.1, 0.15) is 62.6 Å². The van der Waals surface area contributed by atoms with Gasteiger partial charge in [-0.3, -0.25) is 0 Å². The van der Waals surface area contributed by atoms with E-state index in [2.05, 4.69) is 26.0 Å². The van der Waals surface area contributed by atoms with Crippen molar-refractivity contribution >= 4 is 0 Å². The largest absolute Gasteiger partial charge is 0.496 e. The van der Waals surface area contributed by atoms with Gasteiger partial charge >= 0.3 is 0 Å². The average Bonchev–Trinajstić information content (AvgIpc) is 2.87. The molecule has 3 saturated heterocycles. The predicted molar refractivity (Wildman–Crippen MR) is 129 cm³/mol. The van der Waals surface area contributed by atoms with Crippen LogP contribution in [0.25, 0.3) is 0 Å². The molecule has 3 aliphatic heterocycles. The zero-order valence-corrected chi connectivity index (χ0v) is 21.5. The Morgan fingerprint density at radius 3 is 2.50 bits per heavy atom. The highest BCUT2D eigenvalue weighted by Crippen LogP contribution is 2.65. The predicted octanol–water partition coefficient (Wildman–Crippen LogP) is 0.954. The standard InChI is InChI=1S/C27H40O9/c1-14(12-34-24-23(31)22(30)21(29)19(11-28)36-24)16-9-15-5-6-20-25(2,3)27(32)8-7-26(20,13-35-27)17(15)10-18(16)33-4/h9-10,14,19-24,28-32H,5-8,11-13H2,1-4H3/t14?,19-,20+,21-,22+,23-,24-,26+,27+/m1/s1. The fraction of sp³-hybridized carbons (Fsp3) is 0.778. The summed E-state index contributed by atoms with van der Waals surface area (Å²) >= 11 is 0. The zero-order chi connectivity index (χ0) is 26.0. The molecule has 9 atom stereocenters. The van der Waals surface area contributed by atoms with Crippen molar-refractivity contribution in [1.82, 2.24) is 0 Å². The Morgan fingerprint density at radius 2 is 1.86 bits per heavy atom. The Morgan fingerprint density at radius 1 is 1.11 bits per heavy atom. The van der Waals surface area contributed by atoms with E-state index in [0.717, 1.165) is 30.6 Å². The molecule has 0 radical (unpaired) electrons. The summed E-state index contributed by atoms with van der Waals surface area (Å²) in [6.07, 6.45) is -3.14. The van der Waals surface area contributed by atoms with Gasteiger partial charge in [0.15, 0.2) is 12.1 Å². The number of hydrogen-bond acceptors (Lipinski definition) is 9. The second-order valence-electron chi connectivity index (χ2n) is 11.7. The minimum Gasteiger partial charge on any atom is -0.496 e. The Hall–Kier alpha value is -1.30. The quantitative estimate of drug-likeness (QED) is 0.380. The summed E-state index contributed by atoms with van der Waals surface area (Å²) in [5.74, 6) is -0.134. The highest BCUT2D eigenvalue weighted by atomic mass is 16.7. The molecule has 1 spiro atoms. The van der Waals surface area contributed by atoms with E-state index >= 15 is 0 Å². The molecule has 9 nitrogen and oxygen atoms in total. The van der Waals surface area contributed by atoms with Gasteiger partial charge in [-0.05, 0) is 47.9 Å². The van der Waals surface area contributed by atoms with Crippen molar-refractivity contribution in [3.05, 3.63) is 28.8 Å². The summed E-state index contributed by atoms with van der Waals surface area (Å²) in [6.45, 7) is 6.42.